The zero-order chi connectivity index (χ0) is 14.4. The van der Waals surface area contributed by atoms with Crippen LogP contribution in [0, 0.1) is 5.82 Å². The molecular formula is C15H13BrFNO2. The molecule has 0 saturated heterocycles. The zero-order valence-corrected chi connectivity index (χ0v) is 12.2. The molecule has 0 heterocycles. The van der Waals surface area contributed by atoms with Crippen molar-refractivity contribution in [2.24, 2.45) is 0 Å². The van der Waals surface area contributed by atoms with E-state index in [-0.39, 0.29) is 24.8 Å². The summed E-state index contributed by atoms with van der Waals surface area (Å²) in [6, 6.07) is 13.2. The number of halogens is 2. The molecule has 0 bridgehead atoms. The predicted molar refractivity (Wildman–Crippen MR) is 79.3 cm³/mol. The van der Waals surface area contributed by atoms with Gasteiger partial charge < -0.3 is 10.1 Å². The summed E-state index contributed by atoms with van der Waals surface area (Å²) in [4.78, 5) is 11.7. The lowest BCUT2D eigenvalue weighted by atomic mass is 10.3. The van der Waals surface area contributed by atoms with E-state index < -0.39 is 0 Å². The molecule has 0 unspecified atom stereocenters. The quantitative estimate of drug-likeness (QED) is 0.895. The molecule has 1 N–H and O–H groups in total. The van der Waals surface area contributed by atoms with Crippen LogP contribution in [0.5, 0.6) is 5.75 Å². The van der Waals surface area contributed by atoms with Crippen molar-refractivity contribution in [3.05, 3.63) is 58.8 Å². The summed E-state index contributed by atoms with van der Waals surface area (Å²) in [6.45, 7) is 0.262. The Hall–Kier alpha value is -1.88. The van der Waals surface area contributed by atoms with Gasteiger partial charge in [-0.15, -0.1) is 0 Å². The van der Waals surface area contributed by atoms with Gasteiger partial charge in [-0.2, -0.15) is 0 Å². The summed E-state index contributed by atoms with van der Waals surface area (Å²) >= 11 is 3.34. The van der Waals surface area contributed by atoms with Gasteiger partial charge in [-0.1, -0.05) is 28.1 Å². The molecule has 0 aliphatic rings. The maximum Gasteiger partial charge on any atom is 0.227 e. The molecule has 20 heavy (non-hydrogen) atoms. The second kappa shape index (κ2) is 7.05. The first-order valence-electron chi connectivity index (χ1n) is 6.07. The molecule has 2 rings (SSSR count). The Labute approximate surface area is 124 Å². The highest BCUT2D eigenvalue weighted by atomic mass is 79.9. The molecule has 5 heteroatoms. The largest absolute Gasteiger partial charge is 0.493 e. The minimum atomic E-state index is -0.381. The molecule has 0 aliphatic carbocycles. The van der Waals surface area contributed by atoms with E-state index in [1.165, 1.54) is 12.1 Å². The highest BCUT2D eigenvalue weighted by Gasteiger charge is 2.04. The molecule has 0 saturated carbocycles. The number of amides is 1. The molecule has 0 radical (unpaired) electrons. The van der Waals surface area contributed by atoms with Crippen LogP contribution < -0.4 is 10.1 Å². The van der Waals surface area contributed by atoms with Crippen LogP contribution in [-0.2, 0) is 4.79 Å². The van der Waals surface area contributed by atoms with Crippen LogP contribution in [0.25, 0.3) is 0 Å². The Morgan fingerprint density at radius 1 is 1.20 bits per heavy atom. The minimum absolute atomic E-state index is 0.197. The molecule has 1 amide bonds. The number of carbonyl (C=O) groups excluding carboxylic acids is 1. The maximum atomic E-state index is 12.9. The Morgan fingerprint density at radius 3 is 2.75 bits per heavy atom. The van der Waals surface area contributed by atoms with Crippen molar-refractivity contribution in [1.82, 2.24) is 0 Å². The van der Waals surface area contributed by atoms with Crippen molar-refractivity contribution in [3.63, 3.8) is 0 Å². The average Bonchev–Trinajstić information content (AvgIpc) is 2.38. The van der Waals surface area contributed by atoms with E-state index in [4.69, 9.17) is 4.74 Å². The highest BCUT2D eigenvalue weighted by Crippen LogP contribution is 2.17. The smallest absolute Gasteiger partial charge is 0.227 e. The molecule has 0 aromatic heterocycles. The monoisotopic (exact) mass is 337 g/mol. The molecule has 2 aromatic rings. The predicted octanol–water partition coefficient (Wildman–Crippen LogP) is 4.00. The van der Waals surface area contributed by atoms with Gasteiger partial charge in [0.15, 0.2) is 0 Å². The van der Waals surface area contributed by atoms with Crippen molar-refractivity contribution < 1.29 is 13.9 Å². The number of anilines is 1. The first-order valence-corrected chi connectivity index (χ1v) is 6.86. The topological polar surface area (TPSA) is 38.3 Å². The van der Waals surface area contributed by atoms with Crippen LogP contribution in [-0.4, -0.2) is 12.5 Å². The van der Waals surface area contributed by atoms with E-state index in [0.717, 1.165) is 4.47 Å². The minimum Gasteiger partial charge on any atom is -0.493 e. The number of ether oxygens (including phenoxy) is 1. The van der Waals surface area contributed by atoms with Gasteiger partial charge in [-0.25, -0.2) is 4.39 Å². The second-order valence-corrected chi connectivity index (χ2v) is 5.03. The molecule has 3 nitrogen and oxygen atoms in total. The van der Waals surface area contributed by atoms with Crippen LogP contribution in [0.1, 0.15) is 6.42 Å². The molecule has 2 aromatic carbocycles. The fourth-order valence-electron chi connectivity index (χ4n) is 1.61. The number of benzene rings is 2. The van der Waals surface area contributed by atoms with Crippen molar-refractivity contribution in [3.8, 4) is 5.75 Å². The number of hydrogen-bond donors (Lipinski definition) is 1. The third-order valence-corrected chi connectivity index (χ3v) is 3.00. The van der Waals surface area contributed by atoms with Gasteiger partial charge in [-0.05, 0) is 36.4 Å². The summed E-state index contributed by atoms with van der Waals surface area (Å²) in [7, 11) is 0. The summed E-state index contributed by atoms with van der Waals surface area (Å²) in [6.07, 6.45) is 0.197. The molecular weight excluding hydrogens is 325 g/mol. The second-order valence-electron chi connectivity index (χ2n) is 4.11. The van der Waals surface area contributed by atoms with Crippen molar-refractivity contribution in [2.45, 2.75) is 6.42 Å². The Kier molecular flexibility index (Phi) is 5.12. The third-order valence-electron chi connectivity index (χ3n) is 2.50. The van der Waals surface area contributed by atoms with Gasteiger partial charge >= 0.3 is 0 Å². The van der Waals surface area contributed by atoms with E-state index >= 15 is 0 Å². The summed E-state index contributed by atoms with van der Waals surface area (Å²) in [5.74, 6) is 0.0942. The third kappa shape index (κ3) is 4.66. The van der Waals surface area contributed by atoms with E-state index in [1.807, 2.05) is 24.3 Å². The summed E-state index contributed by atoms with van der Waals surface area (Å²) in [5.41, 5.74) is 0.442. The summed E-state index contributed by atoms with van der Waals surface area (Å²) < 4.78 is 19.3. The SMILES string of the molecule is O=C(CCOc1cccc(Br)c1)Nc1cccc(F)c1. The van der Waals surface area contributed by atoms with Crippen molar-refractivity contribution in [1.29, 1.82) is 0 Å². The van der Waals surface area contributed by atoms with E-state index in [2.05, 4.69) is 21.2 Å². The number of carbonyl (C=O) groups is 1. The van der Waals surface area contributed by atoms with Gasteiger partial charge in [-0.3, -0.25) is 4.79 Å². The van der Waals surface area contributed by atoms with Crippen molar-refractivity contribution >= 4 is 27.5 Å². The van der Waals surface area contributed by atoms with Gasteiger partial charge in [0.25, 0.3) is 0 Å². The molecule has 0 aliphatic heterocycles. The first kappa shape index (κ1) is 14.5. The number of nitrogens with one attached hydrogen (secondary N) is 1. The van der Waals surface area contributed by atoms with Crippen LogP contribution in [0.4, 0.5) is 10.1 Å². The van der Waals surface area contributed by atoms with E-state index in [1.54, 1.807) is 12.1 Å². The molecule has 0 fully saturated rings. The average molecular weight is 338 g/mol. The van der Waals surface area contributed by atoms with E-state index in [0.29, 0.717) is 11.4 Å². The van der Waals surface area contributed by atoms with Gasteiger partial charge in [0.05, 0.1) is 13.0 Å². The van der Waals surface area contributed by atoms with Crippen LogP contribution in [0.15, 0.2) is 53.0 Å². The fourth-order valence-corrected chi connectivity index (χ4v) is 1.99. The number of rotatable bonds is 5. The maximum absolute atomic E-state index is 12.9. The highest BCUT2D eigenvalue weighted by molar-refractivity contribution is 9.10. The molecule has 0 spiro atoms. The molecule has 104 valence electrons. The first-order chi connectivity index (χ1) is 9.63. The van der Waals surface area contributed by atoms with Gasteiger partial charge in [0.2, 0.25) is 5.91 Å². The van der Waals surface area contributed by atoms with Crippen molar-refractivity contribution in [2.75, 3.05) is 11.9 Å². The Bertz CT molecular complexity index is 604. The Morgan fingerprint density at radius 2 is 2.00 bits per heavy atom. The van der Waals surface area contributed by atoms with E-state index in [9.17, 15) is 9.18 Å². The normalized spacial score (nSPS) is 10.1. The Balaban J connectivity index is 1.78. The lowest BCUT2D eigenvalue weighted by molar-refractivity contribution is -0.116. The lowest BCUT2D eigenvalue weighted by Crippen LogP contribution is -2.15. The zero-order valence-electron chi connectivity index (χ0n) is 10.6. The van der Waals surface area contributed by atoms with Gasteiger partial charge in [0.1, 0.15) is 11.6 Å². The van der Waals surface area contributed by atoms with Crippen LogP contribution in [0.3, 0.4) is 0 Å². The standard InChI is InChI=1S/C15H13BrFNO2/c16-11-3-1-6-14(9-11)20-8-7-15(19)18-13-5-2-4-12(17)10-13/h1-6,9-10H,7-8H2,(H,18,19). The fraction of sp³-hybridized carbons (Fsp3) is 0.133. The van der Waals surface area contributed by atoms with Gasteiger partial charge in [0, 0.05) is 10.2 Å². The summed E-state index contributed by atoms with van der Waals surface area (Å²) in [5, 5.41) is 2.61. The van der Waals surface area contributed by atoms with Crippen LogP contribution >= 0.6 is 15.9 Å². The number of hydrogen-bond acceptors (Lipinski definition) is 2. The van der Waals surface area contributed by atoms with Crippen LogP contribution in [0.2, 0.25) is 0 Å². The lowest BCUT2D eigenvalue weighted by Gasteiger charge is -2.07. The molecule has 0 atom stereocenters.